The minimum Gasteiger partial charge on any atom is -0.481 e. The predicted molar refractivity (Wildman–Crippen MR) is 59.1 cm³/mol. The molecule has 1 amide bonds. The number of carbonyl (C=O) groups excluding carboxylic acids is 1. The Labute approximate surface area is 95.1 Å². The molecule has 6 heteroatoms. The summed E-state index contributed by atoms with van der Waals surface area (Å²) in [5.41, 5.74) is 4.73. The molecule has 16 heavy (non-hydrogen) atoms. The van der Waals surface area contributed by atoms with Crippen LogP contribution < -0.4 is 11.1 Å². The molecule has 0 rings (SSSR count). The number of alkyl carbamates (subject to hydrolysis) is 1. The van der Waals surface area contributed by atoms with E-state index >= 15 is 0 Å². The Bertz CT molecular complexity index is 248. The minimum atomic E-state index is -0.977. The first-order valence-electron chi connectivity index (χ1n) is 5.16. The van der Waals surface area contributed by atoms with Crippen molar-refractivity contribution < 1.29 is 19.4 Å². The van der Waals surface area contributed by atoms with E-state index in [1.807, 2.05) is 0 Å². The van der Waals surface area contributed by atoms with Crippen LogP contribution in [0.1, 0.15) is 33.6 Å². The molecule has 6 nitrogen and oxygen atoms in total. The fraction of sp³-hybridized carbons (Fsp3) is 0.800. The van der Waals surface area contributed by atoms with Crippen LogP contribution in [0.25, 0.3) is 0 Å². The van der Waals surface area contributed by atoms with E-state index < -0.39 is 23.7 Å². The summed E-state index contributed by atoms with van der Waals surface area (Å²) in [4.78, 5) is 21.9. The van der Waals surface area contributed by atoms with Crippen LogP contribution in [0.3, 0.4) is 0 Å². The van der Waals surface area contributed by atoms with Crippen LogP contribution in [0.4, 0.5) is 4.79 Å². The van der Waals surface area contributed by atoms with Gasteiger partial charge < -0.3 is 20.9 Å². The van der Waals surface area contributed by atoms with Crippen LogP contribution in [0.5, 0.6) is 0 Å². The number of rotatable bonds is 5. The molecule has 0 aliphatic heterocycles. The summed E-state index contributed by atoms with van der Waals surface area (Å²) in [5, 5.41) is 11.1. The monoisotopic (exact) mass is 232 g/mol. The number of aliphatic carboxylic acids is 1. The number of ether oxygens (including phenoxy) is 1. The van der Waals surface area contributed by atoms with Gasteiger partial charge in [-0.1, -0.05) is 0 Å². The van der Waals surface area contributed by atoms with Crippen molar-refractivity contribution in [3.8, 4) is 0 Å². The number of amides is 1. The highest BCUT2D eigenvalue weighted by Gasteiger charge is 2.20. The highest BCUT2D eigenvalue weighted by Crippen LogP contribution is 2.07. The average Bonchev–Trinajstić information content (AvgIpc) is 1.98. The molecule has 4 N–H and O–H groups in total. The molecule has 0 aliphatic carbocycles. The maximum absolute atomic E-state index is 11.4. The van der Waals surface area contributed by atoms with Crippen molar-refractivity contribution in [3.63, 3.8) is 0 Å². The van der Waals surface area contributed by atoms with Crippen molar-refractivity contribution >= 4 is 12.1 Å². The number of carboxylic acids is 1. The lowest BCUT2D eigenvalue weighted by Gasteiger charge is -2.22. The highest BCUT2D eigenvalue weighted by atomic mass is 16.6. The first kappa shape index (κ1) is 14.7. The van der Waals surface area contributed by atoms with Crippen LogP contribution in [-0.2, 0) is 9.53 Å². The second-order valence-electron chi connectivity index (χ2n) is 4.52. The van der Waals surface area contributed by atoms with Gasteiger partial charge in [0.25, 0.3) is 0 Å². The fourth-order valence-corrected chi connectivity index (χ4v) is 1.11. The second-order valence-corrected chi connectivity index (χ2v) is 4.52. The molecule has 0 heterocycles. The summed E-state index contributed by atoms with van der Waals surface area (Å²) in [6, 6.07) is -0.489. The first-order valence-corrected chi connectivity index (χ1v) is 5.16. The van der Waals surface area contributed by atoms with Crippen molar-refractivity contribution in [2.75, 3.05) is 6.54 Å². The maximum atomic E-state index is 11.4. The van der Waals surface area contributed by atoms with Crippen molar-refractivity contribution in [1.29, 1.82) is 0 Å². The smallest absolute Gasteiger partial charge is 0.407 e. The van der Waals surface area contributed by atoms with Gasteiger partial charge in [0.05, 0.1) is 6.42 Å². The number of hydrogen-bond donors (Lipinski definition) is 3. The maximum Gasteiger partial charge on any atom is 0.407 e. The van der Waals surface area contributed by atoms with Crippen LogP contribution in [0.2, 0.25) is 0 Å². The van der Waals surface area contributed by atoms with Crippen LogP contribution in [-0.4, -0.2) is 35.4 Å². The number of carbonyl (C=O) groups is 2. The van der Waals surface area contributed by atoms with Crippen molar-refractivity contribution in [2.24, 2.45) is 5.73 Å². The molecule has 0 radical (unpaired) electrons. The van der Waals surface area contributed by atoms with Gasteiger partial charge in [-0.2, -0.15) is 0 Å². The third-order valence-corrected chi connectivity index (χ3v) is 1.66. The molecule has 0 unspecified atom stereocenters. The summed E-state index contributed by atoms with van der Waals surface area (Å²) in [5.74, 6) is -0.977. The van der Waals surface area contributed by atoms with Crippen molar-refractivity contribution in [3.05, 3.63) is 0 Å². The zero-order valence-corrected chi connectivity index (χ0v) is 9.95. The van der Waals surface area contributed by atoms with Gasteiger partial charge >= 0.3 is 12.1 Å². The third-order valence-electron chi connectivity index (χ3n) is 1.66. The minimum absolute atomic E-state index is 0.156. The number of hydrogen-bond acceptors (Lipinski definition) is 4. The summed E-state index contributed by atoms with van der Waals surface area (Å²) in [7, 11) is 0. The van der Waals surface area contributed by atoms with Crippen molar-refractivity contribution in [1.82, 2.24) is 5.32 Å². The molecule has 0 saturated heterocycles. The Hall–Kier alpha value is -1.30. The van der Waals surface area contributed by atoms with Gasteiger partial charge in [-0.05, 0) is 33.7 Å². The molecule has 0 aromatic heterocycles. The van der Waals surface area contributed by atoms with E-state index in [0.717, 1.165) is 0 Å². The van der Waals surface area contributed by atoms with Crippen LogP contribution in [0, 0.1) is 0 Å². The van der Waals surface area contributed by atoms with Gasteiger partial charge in [-0.15, -0.1) is 0 Å². The third kappa shape index (κ3) is 8.05. The van der Waals surface area contributed by atoms with E-state index in [1.165, 1.54) is 0 Å². The van der Waals surface area contributed by atoms with Gasteiger partial charge in [0, 0.05) is 6.04 Å². The molecule has 0 aromatic carbocycles. The Morgan fingerprint density at radius 3 is 2.38 bits per heavy atom. The van der Waals surface area contributed by atoms with Gasteiger partial charge in [0.15, 0.2) is 0 Å². The molecule has 0 spiro atoms. The number of carboxylic acid groups (broad SMARTS) is 1. The summed E-state index contributed by atoms with van der Waals surface area (Å²) in [6.07, 6.45) is -0.366. The summed E-state index contributed by atoms with van der Waals surface area (Å²) < 4.78 is 5.01. The topological polar surface area (TPSA) is 102 Å². The first-order chi connectivity index (χ1) is 7.24. The lowest BCUT2D eigenvalue weighted by molar-refractivity contribution is -0.137. The highest BCUT2D eigenvalue weighted by molar-refractivity contribution is 5.71. The van der Waals surface area contributed by atoms with E-state index in [1.54, 1.807) is 20.8 Å². The standard InChI is InChI=1S/C10H20N2O4/c1-10(2,3)16-9(15)12-7(4-5-11)6-8(13)14/h7H,4-6,11H2,1-3H3,(H,12,15)(H,13,14)/t7-/m0/s1. The molecule has 0 fully saturated rings. The van der Waals surface area contributed by atoms with Crippen LogP contribution >= 0.6 is 0 Å². The Morgan fingerprint density at radius 1 is 1.44 bits per heavy atom. The van der Waals surface area contributed by atoms with E-state index in [9.17, 15) is 9.59 Å². The summed E-state index contributed by atoms with van der Waals surface area (Å²) in [6.45, 7) is 5.53. The van der Waals surface area contributed by atoms with E-state index in [0.29, 0.717) is 13.0 Å². The van der Waals surface area contributed by atoms with Crippen LogP contribution in [0.15, 0.2) is 0 Å². The largest absolute Gasteiger partial charge is 0.481 e. The summed E-state index contributed by atoms with van der Waals surface area (Å²) >= 11 is 0. The SMILES string of the molecule is CC(C)(C)OC(=O)N[C@@H](CCN)CC(=O)O. The van der Waals surface area contributed by atoms with Gasteiger partial charge in [-0.25, -0.2) is 4.79 Å². The normalized spacial score (nSPS) is 13.0. The van der Waals surface area contributed by atoms with Crippen molar-refractivity contribution in [2.45, 2.75) is 45.3 Å². The molecule has 0 saturated carbocycles. The van der Waals surface area contributed by atoms with E-state index in [2.05, 4.69) is 5.32 Å². The molecular formula is C10H20N2O4. The van der Waals surface area contributed by atoms with Gasteiger partial charge in [-0.3, -0.25) is 4.79 Å². The second kappa shape index (κ2) is 6.32. The quantitative estimate of drug-likeness (QED) is 0.647. The molecule has 0 aromatic rings. The van der Waals surface area contributed by atoms with Gasteiger partial charge in [0.2, 0.25) is 0 Å². The van der Waals surface area contributed by atoms with Gasteiger partial charge in [0.1, 0.15) is 5.60 Å². The number of nitrogens with two attached hydrogens (primary N) is 1. The molecule has 94 valence electrons. The Morgan fingerprint density at radius 2 is 2.00 bits per heavy atom. The zero-order valence-electron chi connectivity index (χ0n) is 9.95. The Balaban J connectivity index is 4.17. The fourth-order valence-electron chi connectivity index (χ4n) is 1.11. The molecule has 1 atom stereocenters. The zero-order chi connectivity index (χ0) is 12.8. The molecule has 0 bridgehead atoms. The van der Waals surface area contributed by atoms with E-state index in [4.69, 9.17) is 15.6 Å². The number of nitrogens with one attached hydrogen (secondary N) is 1. The molecular weight excluding hydrogens is 212 g/mol. The lowest BCUT2D eigenvalue weighted by Crippen LogP contribution is -2.41. The average molecular weight is 232 g/mol. The molecule has 0 aliphatic rings. The predicted octanol–water partition coefficient (Wildman–Crippen LogP) is 0.703. The Kier molecular flexibility index (Phi) is 5.81. The van der Waals surface area contributed by atoms with E-state index in [-0.39, 0.29) is 6.42 Å². The lowest BCUT2D eigenvalue weighted by atomic mass is 10.1.